The third-order valence-corrected chi connectivity index (χ3v) is 5.62. The van der Waals surface area contributed by atoms with Crippen molar-refractivity contribution in [2.45, 2.75) is 39.0 Å². The summed E-state index contributed by atoms with van der Waals surface area (Å²) in [5.74, 6) is -0.393. The Morgan fingerprint density at radius 2 is 2.00 bits per heavy atom. The van der Waals surface area contributed by atoms with Crippen molar-refractivity contribution >= 4 is 16.9 Å². The maximum Gasteiger partial charge on any atom is 0.407 e. The molecule has 4 aromatic rings. The average Bonchev–Trinajstić information content (AvgIpc) is 3.25. The number of carbonyl (C=O) groups excluding carboxylic acids is 1. The molecule has 1 aliphatic rings. The van der Waals surface area contributed by atoms with Crippen LogP contribution < -0.4 is 5.32 Å². The minimum Gasteiger partial charge on any atom is -0.444 e. The number of ether oxygens (including phenoxy) is 2. The lowest BCUT2D eigenvalue weighted by atomic mass is 10.0. The van der Waals surface area contributed by atoms with Gasteiger partial charge in [0.15, 0.2) is 0 Å². The van der Waals surface area contributed by atoms with E-state index in [2.05, 4.69) is 15.4 Å². The number of nitrogens with one attached hydrogen (secondary N) is 1. The van der Waals surface area contributed by atoms with Gasteiger partial charge < -0.3 is 14.8 Å². The number of hydrogen-bond acceptors (Lipinski definition) is 6. The highest BCUT2D eigenvalue weighted by Crippen LogP contribution is 2.30. The first kappa shape index (κ1) is 22.9. The summed E-state index contributed by atoms with van der Waals surface area (Å²) in [4.78, 5) is 21.0. The molecule has 0 bridgehead atoms. The largest absolute Gasteiger partial charge is 0.444 e. The molecule has 0 radical (unpaired) electrons. The van der Waals surface area contributed by atoms with Gasteiger partial charge in [-0.1, -0.05) is 12.1 Å². The number of alkyl carbamates (subject to hydrolysis) is 1. The van der Waals surface area contributed by atoms with Gasteiger partial charge in [-0.25, -0.2) is 14.2 Å². The first-order chi connectivity index (χ1) is 16.8. The molecule has 0 atom stereocenters. The van der Waals surface area contributed by atoms with E-state index in [0.29, 0.717) is 46.6 Å². The summed E-state index contributed by atoms with van der Waals surface area (Å²) in [5.41, 5.74) is 2.40. The van der Waals surface area contributed by atoms with Gasteiger partial charge in [0, 0.05) is 34.3 Å². The number of fused-ring (bicyclic) bond motifs is 1. The second-order valence-electron chi connectivity index (χ2n) is 9.49. The third kappa shape index (κ3) is 5.00. The van der Waals surface area contributed by atoms with Crippen molar-refractivity contribution < 1.29 is 18.7 Å². The van der Waals surface area contributed by atoms with Crippen molar-refractivity contribution in [3.05, 3.63) is 66.5 Å². The highest BCUT2D eigenvalue weighted by Gasteiger charge is 2.22. The third-order valence-electron chi connectivity index (χ3n) is 5.62. The smallest absolute Gasteiger partial charge is 0.407 e. The first-order valence-corrected chi connectivity index (χ1v) is 11.4. The molecular formula is C26H26FN5O3. The lowest BCUT2D eigenvalue weighted by Crippen LogP contribution is -2.32. The van der Waals surface area contributed by atoms with Gasteiger partial charge >= 0.3 is 6.09 Å². The van der Waals surface area contributed by atoms with E-state index in [0.717, 1.165) is 5.56 Å². The molecule has 1 fully saturated rings. The van der Waals surface area contributed by atoms with Crippen molar-refractivity contribution in [1.82, 2.24) is 25.1 Å². The fraction of sp³-hybridized carbons (Fsp3) is 0.308. The Labute approximate surface area is 202 Å². The number of nitrogens with zero attached hydrogens (tertiary/aromatic N) is 4. The van der Waals surface area contributed by atoms with E-state index in [1.54, 1.807) is 51.4 Å². The Morgan fingerprint density at radius 3 is 2.74 bits per heavy atom. The zero-order valence-electron chi connectivity index (χ0n) is 19.8. The summed E-state index contributed by atoms with van der Waals surface area (Å²) in [6.45, 7) is 6.79. The molecule has 1 aliphatic heterocycles. The van der Waals surface area contributed by atoms with Gasteiger partial charge in [-0.3, -0.25) is 9.67 Å². The molecule has 180 valence electrons. The molecule has 0 unspecified atom stereocenters. The number of rotatable bonds is 5. The fourth-order valence-corrected chi connectivity index (χ4v) is 3.79. The molecule has 1 aromatic carbocycles. The van der Waals surface area contributed by atoms with E-state index in [1.807, 2.05) is 29.1 Å². The van der Waals surface area contributed by atoms with Gasteiger partial charge in [-0.05, 0) is 45.0 Å². The van der Waals surface area contributed by atoms with E-state index in [9.17, 15) is 4.79 Å². The van der Waals surface area contributed by atoms with Crippen molar-refractivity contribution in [3.8, 4) is 22.5 Å². The Hall–Kier alpha value is -3.85. The minimum atomic E-state index is -0.603. The predicted octanol–water partition coefficient (Wildman–Crippen LogP) is 4.90. The Bertz CT molecular complexity index is 1390. The van der Waals surface area contributed by atoms with Crippen LogP contribution in [0.25, 0.3) is 33.3 Å². The fourth-order valence-electron chi connectivity index (χ4n) is 3.79. The highest BCUT2D eigenvalue weighted by atomic mass is 19.1. The molecule has 0 aliphatic carbocycles. The second kappa shape index (κ2) is 9.07. The van der Waals surface area contributed by atoms with Crippen LogP contribution in [0.4, 0.5) is 9.18 Å². The molecule has 1 amide bonds. The molecule has 8 nitrogen and oxygen atoms in total. The highest BCUT2D eigenvalue weighted by molar-refractivity contribution is 5.87. The molecule has 0 spiro atoms. The van der Waals surface area contributed by atoms with Crippen LogP contribution >= 0.6 is 0 Å². The number of amides is 1. The molecule has 9 heteroatoms. The summed E-state index contributed by atoms with van der Waals surface area (Å²) in [6, 6.07) is 10.9. The van der Waals surface area contributed by atoms with E-state index in [-0.39, 0.29) is 12.6 Å². The zero-order chi connectivity index (χ0) is 24.6. The summed E-state index contributed by atoms with van der Waals surface area (Å²) < 4.78 is 28.0. The molecule has 3 aromatic heterocycles. The number of benzene rings is 1. The number of pyridine rings is 2. The van der Waals surface area contributed by atoms with Crippen LogP contribution in [-0.4, -0.2) is 44.7 Å². The van der Waals surface area contributed by atoms with E-state index < -0.39 is 17.5 Å². The van der Waals surface area contributed by atoms with Crippen molar-refractivity contribution in [2.75, 3.05) is 13.2 Å². The minimum absolute atomic E-state index is 0.123. The monoisotopic (exact) mass is 475 g/mol. The lowest BCUT2D eigenvalue weighted by molar-refractivity contribution is -0.0286. The quantitative estimate of drug-likeness (QED) is 0.442. The standard InChI is InChI=1S/C26H26FN5O3/c1-26(2,3)35-25(33)29-12-18-9-21-16(10-28-18)7-8-20(24(21)27)23-6-4-5-22(31-23)17-11-30-32(13-17)19-14-34-15-19/h4-11,13,19H,12,14-15H2,1-3H3,(H,29,33). The number of hydrogen-bond donors (Lipinski definition) is 1. The van der Waals surface area contributed by atoms with Gasteiger partial charge in [0.25, 0.3) is 0 Å². The van der Waals surface area contributed by atoms with Crippen LogP contribution in [0, 0.1) is 5.82 Å². The molecule has 4 heterocycles. The van der Waals surface area contributed by atoms with E-state index in [1.165, 1.54) is 0 Å². The van der Waals surface area contributed by atoms with Gasteiger partial charge in [-0.2, -0.15) is 5.10 Å². The topological polar surface area (TPSA) is 91.2 Å². The predicted molar refractivity (Wildman–Crippen MR) is 129 cm³/mol. The summed E-state index contributed by atoms with van der Waals surface area (Å²) in [5, 5.41) is 8.13. The molecule has 0 saturated carbocycles. The van der Waals surface area contributed by atoms with Crippen molar-refractivity contribution in [3.63, 3.8) is 0 Å². The summed E-state index contributed by atoms with van der Waals surface area (Å²) in [7, 11) is 0. The molecule has 5 rings (SSSR count). The van der Waals surface area contributed by atoms with E-state index in [4.69, 9.17) is 14.5 Å². The van der Waals surface area contributed by atoms with Crippen LogP contribution in [0.3, 0.4) is 0 Å². The average molecular weight is 476 g/mol. The first-order valence-electron chi connectivity index (χ1n) is 11.4. The van der Waals surface area contributed by atoms with E-state index >= 15 is 4.39 Å². The Balaban J connectivity index is 1.40. The molecule has 1 saturated heterocycles. The maximum atomic E-state index is 15.6. The maximum absolute atomic E-state index is 15.6. The van der Waals surface area contributed by atoms with Crippen molar-refractivity contribution in [1.29, 1.82) is 0 Å². The van der Waals surface area contributed by atoms with Crippen molar-refractivity contribution in [2.24, 2.45) is 0 Å². The number of halogens is 1. The van der Waals surface area contributed by atoms with Crippen LogP contribution in [0.1, 0.15) is 32.5 Å². The van der Waals surface area contributed by atoms with Gasteiger partial charge in [0.1, 0.15) is 11.4 Å². The van der Waals surface area contributed by atoms with Gasteiger partial charge in [0.05, 0.1) is 49.1 Å². The van der Waals surface area contributed by atoms with Crippen LogP contribution in [0.5, 0.6) is 0 Å². The number of carbonyl (C=O) groups is 1. The van der Waals surface area contributed by atoms with Crippen LogP contribution in [0.15, 0.2) is 55.0 Å². The normalized spacial score (nSPS) is 14.1. The number of aromatic nitrogens is 4. The summed E-state index contributed by atoms with van der Waals surface area (Å²) in [6.07, 6.45) is 4.74. The Kier molecular flexibility index (Phi) is 5.94. The summed E-state index contributed by atoms with van der Waals surface area (Å²) >= 11 is 0. The molecular weight excluding hydrogens is 449 g/mol. The van der Waals surface area contributed by atoms with Gasteiger partial charge in [0.2, 0.25) is 0 Å². The second-order valence-corrected chi connectivity index (χ2v) is 9.49. The van der Waals surface area contributed by atoms with Gasteiger partial charge in [-0.15, -0.1) is 0 Å². The molecule has 35 heavy (non-hydrogen) atoms. The zero-order valence-corrected chi connectivity index (χ0v) is 19.8. The molecule has 1 N–H and O–H groups in total. The van der Waals surface area contributed by atoms with Crippen LogP contribution in [-0.2, 0) is 16.0 Å². The lowest BCUT2D eigenvalue weighted by Gasteiger charge is -2.25. The van der Waals surface area contributed by atoms with Crippen LogP contribution in [0.2, 0.25) is 0 Å². The SMILES string of the molecule is CC(C)(C)OC(=O)NCc1cc2c(F)c(-c3cccc(-c4cnn(C5COC5)c4)n3)ccc2cn1. The Morgan fingerprint density at radius 1 is 1.20 bits per heavy atom.